The van der Waals surface area contributed by atoms with E-state index in [0.29, 0.717) is 21.6 Å². The van der Waals surface area contributed by atoms with E-state index in [-0.39, 0.29) is 22.0 Å². The Morgan fingerprint density at radius 2 is 1.75 bits per heavy atom. The number of pyridine rings is 1. The largest absolute Gasteiger partial charge is 0.418 e. The molecular formula is C22H15F3N4O2S. The van der Waals surface area contributed by atoms with E-state index in [2.05, 4.69) is 20.3 Å². The highest BCUT2D eigenvalue weighted by molar-refractivity contribution is 7.99. The molecule has 0 radical (unpaired) electrons. The number of nitrogens with one attached hydrogen (secondary N) is 2. The predicted molar refractivity (Wildman–Crippen MR) is 115 cm³/mol. The van der Waals surface area contributed by atoms with Crippen LogP contribution < -0.4 is 10.9 Å². The number of para-hydroxylation sites is 2. The predicted octanol–water partition coefficient (Wildman–Crippen LogP) is 5.05. The summed E-state index contributed by atoms with van der Waals surface area (Å²) >= 11 is 1.04. The lowest BCUT2D eigenvalue weighted by molar-refractivity contribution is -0.136. The van der Waals surface area contributed by atoms with Crippen molar-refractivity contribution >= 4 is 34.3 Å². The third-order valence-electron chi connectivity index (χ3n) is 4.47. The minimum Gasteiger partial charge on any atom is -0.321 e. The molecule has 2 heterocycles. The van der Waals surface area contributed by atoms with Crippen molar-refractivity contribution in [2.45, 2.75) is 23.3 Å². The summed E-state index contributed by atoms with van der Waals surface area (Å²) in [5, 5.41) is 3.48. The van der Waals surface area contributed by atoms with Crippen LogP contribution in [0, 0.1) is 6.92 Å². The number of carbonyl (C=O) groups excluding carboxylic acids is 1. The van der Waals surface area contributed by atoms with Gasteiger partial charge in [-0.15, -0.1) is 0 Å². The number of alkyl halides is 3. The zero-order valence-electron chi connectivity index (χ0n) is 16.5. The van der Waals surface area contributed by atoms with Gasteiger partial charge in [0.15, 0.2) is 5.16 Å². The fourth-order valence-electron chi connectivity index (χ4n) is 3.12. The minimum atomic E-state index is -4.62. The number of aromatic amines is 1. The molecule has 10 heteroatoms. The van der Waals surface area contributed by atoms with Crippen LogP contribution in [-0.4, -0.2) is 20.9 Å². The van der Waals surface area contributed by atoms with Crippen LogP contribution in [0.2, 0.25) is 0 Å². The molecule has 2 aromatic heterocycles. The second-order valence-electron chi connectivity index (χ2n) is 6.82. The molecule has 0 fully saturated rings. The van der Waals surface area contributed by atoms with Crippen molar-refractivity contribution in [1.29, 1.82) is 0 Å². The van der Waals surface area contributed by atoms with E-state index in [0.717, 1.165) is 17.8 Å². The van der Waals surface area contributed by atoms with Gasteiger partial charge in [0.1, 0.15) is 5.03 Å². The minimum absolute atomic E-state index is 0.144. The third kappa shape index (κ3) is 4.65. The zero-order valence-corrected chi connectivity index (χ0v) is 17.3. The average molecular weight is 456 g/mol. The first-order valence-electron chi connectivity index (χ1n) is 9.34. The Morgan fingerprint density at radius 1 is 1.03 bits per heavy atom. The van der Waals surface area contributed by atoms with Crippen molar-refractivity contribution in [3.8, 4) is 0 Å². The summed E-state index contributed by atoms with van der Waals surface area (Å²) in [5.41, 5.74) is -0.485. The lowest BCUT2D eigenvalue weighted by Gasteiger charge is -2.14. The van der Waals surface area contributed by atoms with Crippen LogP contribution >= 0.6 is 11.8 Å². The van der Waals surface area contributed by atoms with E-state index in [1.165, 1.54) is 30.3 Å². The molecule has 4 rings (SSSR count). The molecule has 0 saturated carbocycles. The normalized spacial score (nSPS) is 11.5. The zero-order chi connectivity index (χ0) is 22.9. The molecule has 0 unspecified atom stereocenters. The van der Waals surface area contributed by atoms with E-state index in [1.54, 1.807) is 31.2 Å². The SMILES string of the molecule is Cc1cc(=O)[nH]c(Sc2cc(C(=O)Nc3ccccc3C(F)(F)F)c3ccccc3n2)n1. The molecule has 0 spiro atoms. The summed E-state index contributed by atoms with van der Waals surface area (Å²) in [4.78, 5) is 36.0. The van der Waals surface area contributed by atoms with Gasteiger partial charge in [0, 0.05) is 17.1 Å². The van der Waals surface area contributed by atoms with Gasteiger partial charge in [0.2, 0.25) is 0 Å². The summed E-state index contributed by atoms with van der Waals surface area (Å²) < 4.78 is 40.0. The van der Waals surface area contributed by atoms with E-state index in [4.69, 9.17) is 0 Å². The summed E-state index contributed by atoms with van der Waals surface area (Å²) in [6.07, 6.45) is -4.62. The first kappa shape index (κ1) is 21.6. The molecule has 4 aromatic rings. The summed E-state index contributed by atoms with van der Waals surface area (Å²) in [6, 6.07) is 14.4. The Bertz CT molecular complexity index is 1390. The fraction of sp³-hybridized carbons (Fsp3) is 0.0909. The highest BCUT2D eigenvalue weighted by Gasteiger charge is 2.33. The van der Waals surface area contributed by atoms with Crippen molar-refractivity contribution in [1.82, 2.24) is 15.0 Å². The van der Waals surface area contributed by atoms with E-state index in [9.17, 15) is 22.8 Å². The van der Waals surface area contributed by atoms with Crippen LogP contribution in [0.5, 0.6) is 0 Å². The molecule has 0 aliphatic heterocycles. The number of hydrogen-bond donors (Lipinski definition) is 2. The number of halogens is 3. The van der Waals surface area contributed by atoms with Crippen LogP contribution in [0.25, 0.3) is 10.9 Å². The topological polar surface area (TPSA) is 87.7 Å². The molecule has 32 heavy (non-hydrogen) atoms. The number of nitrogens with zero attached hydrogens (tertiary/aromatic N) is 2. The number of aryl methyl sites for hydroxylation is 1. The maximum Gasteiger partial charge on any atom is 0.418 e. The second-order valence-corrected chi connectivity index (χ2v) is 7.83. The molecule has 2 N–H and O–H groups in total. The molecule has 162 valence electrons. The number of amides is 1. The molecule has 0 saturated heterocycles. The maximum absolute atomic E-state index is 13.3. The highest BCUT2D eigenvalue weighted by atomic mass is 32.2. The molecule has 0 aliphatic carbocycles. The van der Waals surface area contributed by atoms with Crippen molar-refractivity contribution in [3.05, 3.63) is 87.8 Å². The van der Waals surface area contributed by atoms with Crippen LogP contribution in [0.4, 0.5) is 18.9 Å². The standard InChI is InChI=1S/C22H15F3N4O2S/c1-12-10-18(30)29-21(26-12)32-19-11-14(13-6-2-4-8-16(13)27-19)20(31)28-17-9-5-3-7-15(17)22(23,24)25/h2-11H,1H3,(H,28,31)(H,26,29,30). The maximum atomic E-state index is 13.3. The molecule has 1 amide bonds. The van der Waals surface area contributed by atoms with Crippen molar-refractivity contribution in [2.75, 3.05) is 5.32 Å². The molecule has 0 bridgehead atoms. The number of H-pyrrole nitrogens is 1. The quantitative estimate of drug-likeness (QED) is 0.420. The van der Waals surface area contributed by atoms with Gasteiger partial charge < -0.3 is 10.3 Å². The number of fused-ring (bicyclic) bond motifs is 1. The Balaban J connectivity index is 1.75. The van der Waals surface area contributed by atoms with Gasteiger partial charge in [-0.3, -0.25) is 9.59 Å². The van der Waals surface area contributed by atoms with E-state index >= 15 is 0 Å². The number of rotatable bonds is 4. The summed E-state index contributed by atoms with van der Waals surface area (Å²) in [7, 11) is 0. The number of carbonyl (C=O) groups is 1. The smallest absolute Gasteiger partial charge is 0.321 e. The third-order valence-corrected chi connectivity index (χ3v) is 5.27. The van der Waals surface area contributed by atoms with Gasteiger partial charge in [-0.2, -0.15) is 13.2 Å². The Labute approximate surface area is 183 Å². The Hall–Kier alpha value is -3.66. The lowest BCUT2D eigenvalue weighted by Crippen LogP contribution is -2.17. The second kappa shape index (κ2) is 8.46. The number of hydrogen-bond acceptors (Lipinski definition) is 5. The fourth-order valence-corrected chi connectivity index (χ4v) is 3.98. The van der Waals surface area contributed by atoms with Crippen LogP contribution in [0.15, 0.2) is 75.6 Å². The number of benzene rings is 2. The first-order chi connectivity index (χ1) is 15.2. The Kier molecular flexibility index (Phi) is 5.70. The van der Waals surface area contributed by atoms with Crippen molar-refractivity contribution < 1.29 is 18.0 Å². The van der Waals surface area contributed by atoms with E-state index in [1.807, 2.05) is 0 Å². The Morgan fingerprint density at radius 3 is 2.50 bits per heavy atom. The molecule has 2 aromatic carbocycles. The van der Waals surface area contributed by atoms with Gasteiger partial charge >= 0.3 is 6.18 Å². The average Bonchev–Trinajstić information content (AvgIpc) is 2.72. The van der Waals surface area contributed by atoms with Crippen LogP contribution in [-0.2, 0) is 6.18 Å². The van der Waals surface area contributed by atoms with Gasteiger partial charge in [0.25, 0.3) is 11.5 Å². The number of aromatic nitrogens is 3. The van der Waals surface area contributed by atoms with Gasteiger partial charge in [-0.1, -0.05) is 30.3 Å². The molecular weight excluding hydrogens is 441 g/mol. The van der Waals surface area contributed by atoms with E-state index < -0.39 is 17.6 Å². The monoisotopic (exact) mass is 456 g/mol. The molecule has 6 nitrogen and oxygen atoms in total. The summed E-state index contributed by atoms with van der Waals surface area (Å²) in [5.74, 6) is -0.715. The highest BCUT2D eigenvalue weighted by Crippen LogP contribution is 2.35. The number of anilines is 1. The molecule has 0 aliphatic rings. The van der Waals surface area contributed by atoms with Crippen LogP contribution in [0.1, 0.15) is 21.6 Å². The molecule has 0 atom stereocenters. The van der Waals surface area contributed by atoms with Gasteiger partial charge in [-0.05, 0) is 43.0 Å². The van der Waals surface area contributed by atoms with Crippen molar-refractivity contribution in [2.24, 2.45) is 0 Å². The lowest BCUT2D eigenvalue weighted by atomic mass is 10.1. The van der Waals surface area contributed by atoms with Crippen LogP contribution in [0.3, 0.4) is 0 Å². The summed E-state index contributed by atoms with van der Waals surface area (Å²) in [6.45, 7) is 1.67. The van der Waals surface area contributed by atoms with Gasteiger partial charge in [-0.25, -0.2) is 9.97 Å². The van der Waals surface area contributed by atoms with Crippen molar-refractivity contribution in [3.63, 3.8) is 0 Å². The van der Waals surface area contributed by atoms with Gasteiger partial charge in [0.05, 0.1) is 22.3 Å². The first-order valence-corrected chi connectivity index (χ1v) is 10.2.